The molecule has 0 aromatic heterocycles. The molecule has 0 amide bonds. The Bertz CT molecular complexity index is 938. The number of hydrogen-bond acceptors (Lipinski definition) is 4. The molecule has 7 heteroatoms. The van der Waals surface area contributed by atoms with Crippen molar-refractivity contribution in [2.45, 2.75) is 23.0 Å². The van der Waals surface area contributed by atoms with E-state index in [1.807, 2.05) is 0 Å². The zero-order chi connectivity index (χ0) is 18.9. The molecule has 1 saturated carbocycles. The molecular formula is C19H17ClFNO3S. The van der Waals surface area contributed by atoms with Crippen molar-refractivity contribution < 1.29 is 17.5 Å². The fourth-order valence-electron chi connectivity index (χ4n) is 3.38. The van der Waals surface area contributed by atoms with Crippen LogP contribution in [-0.4, -0.2) is 26.9 Å². The lowest BCUT2D eigenvalue weighted by molar-refractivity contribution is 0.117. The van der Waals surface area contributed by atoms with Gasteiger partial charge in [0, 0.05) is 17.5 Å². The summed E-state index contributed by atoms with van der Waals surface area (Å²) in [7, 11) is -3.79. The molecule has 0 radical (unpaired) electrons. The van der Waals surface area contributed by atoms with E-state index in [0.29, 0.717) is 17.2 Å². The van der Waals surface area contributed by atoms with Crippen LogP contribution < -0.4 is 0 Å². The van der Waals surface area contributed by atoms with Crippen molar-refractivity contribution in [2.24, 2.45) is 5.41 Å². The zero-order valence-electron chi connectivity index (χ0n) is 14.0. The van der Waals surface area contributed by atoms with E-state index >= 15 is 0 Å². The average Bonchev–Trinajstić information content (AvgIpc) is 3.31. The third kappa shape index (κ3) is 3.11. The average molecular weight is 394 g/mol. The van der Waals surface area contributed by atoms with Crippen molar-refractivity contribution in [3.8, 4) is 6.07 Å². The minimum atomic E-state index is -3.79. The molecule has 1 aliphatic carbocycles. The summed E-state index contributed by atoms with van der Waals surface area (Å²) in [6.45, 7) is 2.15. The molecule has 4 nitrogen and oxygen atoms in total. The largest absolute Gasteiger partial charge is 0.380 e. The van der Waals surface area contributed by atoms with Gasteiger partial charge < -0.3 is 4.74 Å². The van der Waals surface area contributed by atoms with E-state index in [1.54, 1.807) is 6.92 Å². The Balaban J connectivity index is 2.05. The van der Waals surface area contributed by atoms with Gasteiger partial charge in [-0.3, -0.25) is 0 Å². The molecule has 1 aliphatic rings. The van der Waals surface area contributed by atoms with E-state index in [2.05, 4.69) is 6.07 Å². The highest BCUT2D eigenvalue weighted by Crippen LogP contribution is 2.63. The van der Waals surface area contributed by atoms with E-state index in [4.69, 9.17) is 16.3 Å². The second-order valence-corrected chi connectivity index (χ2v) is 8.74. The lowest BCUT2D eigenvalue weighted by Gasteiger charge is -2.09. The van der Waals surface area contributed by atoms with Gasteiger partial charge in [0.1, 0.15) is 11.2 Å². The third-order valence-corrected chi connectivity index (χ3v) is 7.26. The van der Waals surface area contributed by atoms with Crippen LogP contribution in [0, 0.1) is 22.6 Å². The molecule has 0 bridgehead atoms. The van der Waals surface area contributed by atoms with Gasteiger partial charge in [0.2, 0.25) is 0 Å². The van der Waals surface area contributed by atoms with Crippen LogP contribution in [0.1, 0.15) is 18.4 Å². The Morgan fingerprint density at radius 3 is 2.35 bits per heavy atom. The number of nitriles is 1. The third-order valence-electron chi connectivity index (χ3n) is 4.72. The number of ether oxygens (including phenoxy) is 1. The van der Waals surface area contributed by atoms with Gasteiger partial charge in [-0.25, -0.2) is 12.8 Å². The molecule has 0 N–H and O–H groups in total. The molecular weight excluding hydrogens is 377 g/mol. The van der Waals surface area contributed by atoms with Gasteiger partial charge in [-0.05, 0) is 48.9 Å². The van der Waals surface area contributed by atoms with E-state index < -0.39 is 32.2 Å². The predicted octanol–water partition coefficient (Wildman–Crippen LogP) is 3.97. The molecule has 0 unspecified atom stereocenters. The highest BCUT2D eigenvalue weighted by atomic mass is 35.5. The number of hydrogen-bond donors (Lipinski definition) is 0. The fraction of sp³-hybridized carbons (Fsp3) is 0.316. The summed E-state index contributed by atoms with van der Waals surface area (Å²) in [6.07, 6.45) is 0. The van der Waals surface area contributed by atoms with Gasteiger partial charge in [0.25, 0.3) is 0 Å². The molecule has 0 heterocycles. The van der Waals surface area contributed by atoms with Crippen LogP contribution in [0.3, 0.4) is 0 Å². The summed E-state index contributed by atoms with van der Waals surface area (Å²) in [4.78, 5) is 0.104. The molecule has 1 fully saturated rings. The first-order valence-electron chi connectivity index (χ1n) is 8.10. The van der Waals surface area contributed by atoms with Crippen LogP contribution in [-0.2, 0) is 14.6 Å². The van der Waals surface area contributed by atoms with Crippen molar-refractivity contribution in [3.05, 3.63) is 64.9 Å². The maximum absolute atomic E-state index is 13.3. The Hall–Kier alpha value is -1.94. The normalized spacial score (nSPS) is 24.8. The van der Waals surface area contributed by atoms with Crippen LogP contribution in [0.4, 0.5) is 4.39 Å². The zero-order valence-corrected chi connectivity index (χ0v) is 15.6. The Morgan fingerprint density at radius 1 is 1.19 bits per heavy atom. The minimum absolute atomic E-state index is 0.000467. The monoisotopic (exact) mass is 393 g/mol. The molecule has 0 aliphatic heterocycles. The topological polar surface area (TPSA) is 67.2 Å². The van der Waals surface area contributed by atoms with Gasteiger partial charge in [0.15, 0.2) is 9.84 Å². The summed E-state index contributed by atoms with van der Waals surface area (Å²) in [5.74, 6) is -1.00. The Morgan fingerprint density at radius 2 is 1.81 bits per heavy atom. The predicted molar refractivity (Wildman–Crippen MR) is 96.1 cm³/mol. The number of halogens is 2. The molecule has 0 spiro atoms. The van der Waals surface area contributed by atoms with Crippen LogP contribution in [0.25, 0.3) is 0 Å². The summed E-state index contributed by atoms with van der Waals surface area (Å²) < 4.78 is 45.0. The number of rotatable bonds is 6. The van der Waals surface area contributed by atoms with E-state index in [1.165, 1.54) is 48.5 Å². The molecule has 3 rings (SSSR count). The van der Waals surface area contributed by atoms with Crippen molar-refractivity contribution in [3.63, 3.8) is 0 Å². The minimum Gasteiger partial charge on any atom is -0.380 e. The first-order valence-corrected chi connectivity index (χ1v) is 10.0. The summed E-state index contributed by atoms with van der Waals surface area (Å²) in [5, 5.41) is 9.27. The molecule has 2 aromatic rings. The molecule has 26 heavy (non-hydrogen) atoms. The van der Waals surface area contributed by atoms with Crippen molar-refractivity contribution in [1.82, 2.24) is 0 Å². The molecule has 3 atom stereocenters. The quantitative estimate of drug-likeness (QED) is 0.744. The van der Waals surface area contributed by atoms with Crippen LogP contribution in [0.2, 0.25) is 5.02 Å². The van der Waals surface area contributed by atoms with Crippen LogP contribution in [0.5, 0.6) is 0 Å². The molecule has 136 valence electrons. The van der Waals surface area contributed by atoms with E-state index in [9.17, 15) is 18.1 Å². The van der Waals surface area contributed by atoms with Gasteiger partial charge in [-0.1, -0.05) is 23.7 Å². The first-order chi connectivity index (χ1) is 12.4. The fourth-order valence-corrected chi connectivity index (χ4v) is 5.82. The number of nitrogens with zero attached hydrogens (tertiary/aromatic N) is 1. The van der Waals surface area contributed by atoms with Crippen LogP contribution >= 0.6 is 11.6 Å². The maximum Gasteiger partial charge on any atom is 0.183 e. The van der Waals surface area contributed by atoms with Crippen molar-refractivity contribution in [2.75, 3.05) is 13.2 Å². The molecule has 0 saturated heterocycles. The first kappa shape index (κ1) is 18.8. The summed E-state index contributed by atoms with van der Waals surface area (Å²) >= 11 is 5.85. The van der Waals surface area contributed by atoms with Gasteiger partial charge in [-0.2, -0.15) is 5.26 Å². The smallest absolute Gasteiger partial charge is 0.183 e. The van der Waals surface area contributed by atoms with Crippen LogP contribution in [0.15, 0.2) is 53.4 Å². The van der Waals surface area contributed by atoms with E-state index in [0.717, 1.165) is 0 Å². The highest BCUT2D eigenvalue weighted by molar-refractivity contribution is 7.92. The summed E-state index contributed by atoms with van der Waals surface area (Å²) in [6, 6.07) is 13.6. The number of benzene rings is 2. The summed E-state index contributed by atoms with van der Waals surface area (Å²) in [5.41, 5.74) is -0.595. The number of sulfone groups is 1. The highest BCUT2D eigenvalue weighted by Gasteiger charge is 2.72. The lowest BCUT2D eigenvalue weighted by Crippen LogP contribution is -2.19. The standard InChI is InChI=1S/C19H17ClFNO3S/c1-2-25-12-19(11-22)17(13-3-7-15(21)8-4-13)18(19)26(23,24)16-9-5-14(20)6-10-16/h3-10,17-18H,2,12H2,1H3/t17-,18+,19-/m1/s1. The Labute approximate surface area is 157 Å². The van der Waals surface area contributed by atoms with Crippen molar-refractivity contribution >= 4 is 21.4 Å². The second kappa shape index (κ2) is 6.99. The van der Waals surface area contributed by atoms with Gasteiger partial charge in [-0.15, -0.1) is 0 Å². The lowest BCUT2D eigenvalue weighted by atomic mass is 10.0. The maximum atomic E-state index is 13.3. The second-order valence-electron chi connectivity index (χ2n) is 6.24. The molecule has 2 aromatic carbocycles. The van der Waals surface area contributed by atoms with Crippen molar-refractivity contribution in [1.29, 1.82) is 5.26 Å². The Kier molecular flexibility index (Phi) is 5.07. The SMILES string of the molecule is CCOC[C@]1(C#N)[C@H](c2ccc(F)cc2)[C@@H]1S(=O)(=O)c1ccc(Cl)cc1. The van der Waals surface area contributed by atoms with Gasteiger partial charge >= 0.3 is 0 Å². The van der Waals surface area contributed by atoms with Gasteiger partial charge in [0.05, 0.1) is 22.8 Å². The van der Waals surface area contributed by atoms with E-state index in [-0.39, 0.29) is 11.5 Å².